The quantitative estimate of drug-likeness (QED) is 0.643. The maximum absolute atomic E-state index is 12.5. The molecule has 0 fully saturated rings. The largest absolute Gasteiger partial charge is 0.351 e. The minimum Gasteiger partial charge on any atom is -0.351 e. The highest BCUT2D eigenvalue weighted by Gasteiger charge is 2.26. The van der Waals surface area contributed by atoms with Crippen LogP contribution in [0.15, 0.2) is 65.6 Å². The van der Waals surface area contributed by atoms with Gasteiger partial charge in [-0.05, 0) is 24.1 Å². The van der Waals surface area contributed by atoms with Crippen molar-refractivity contribution in [2.45, 2.75) is 23.9 Å². The maximum atomic E-state index is 12.5. The van der Waals surface area contributed by atoms with Gasteiger partial charge in [-0.15, -0.1) is 0 Å². The van der Waals surface area contributed by atoms with E-state index < -0.39 is 31.8 Å². The molecule has 0 unspecified atom stereocenters. The van der Waals surface area contributed by atoms with Gasteiger partial charge in [0.25, 0.3) is 0 Å². The Morgan fingerprint density at radius 3 is 2.04 bits per heavy atom. The van der Waals surface area contributed by atoms with Gasteiger partial charge < -0.3 is 5.32 Å². The highest BCUT2D eigenvalue weighted by atomic mass is 32.2. The summed E-state index contributed by atoms with van der Waals surface area (Å²) in [6.07, 6.45) is 0.878. The SMILES string of the molecule is CS(=O)(=O)CC[C@H](NS(=O)(=O)c1ccccc1)C(=O)NCc1ccccc1. The molecular weight excluding hydrogens is 388 g/mol. The molecule has 2 aromatic rings. The summed E-state index contributed by atoms with van der Waals surface area (Å²) in [5, 5.41) is 2.65. The molecule has 0 saturated carbocycles. The van der Waals surface area contributed by atoms with Crippen molar-refractivity contribution >= 4 is 25.8 Å². The Hall–Kier alpha value is -2.23. The van der Waals surface area contributed by atoms with E-state index in [1.165, 1.54) is 12.1 Å². The molecule has 2 N–H and O–H groups in total. The number of sulfonamides is 1. The molecule has 0 aliphatic carbocycles. The van der Waals surface area contributed by atoms with E-state index in [-0.39, 0.29) is 23.6 Å². The Balaban J connectivity index is 2.13. The minimum atomic E-state index is -3.96. The number of sulfone groups is 1. The third-order valence-electron chi connectivity index (χ3n) is 3.75. The van der Waals surface area contributed by atoms with Gasteiger partial charge in [0.1, 0.15) is 15.9 Å². The van der Waals surface area contributed by atoms with Gasteiger partial charge in [-0.25, -0.2) is 16.8 Å². The summed E-state index contributed by atoms with van der Waals surface area (Å²) in [6.45, 7) is 0.210. The molecule has 1 atom stereocenters. The predicted octanol–water partition coefficient (Wildman–Crippen LogP) is 1.08. The van der Waals surface area contributed by atoms with Crippen molar-refractivity contribution in [2.24, 2.45) is 0 Å². The van der Waals surface area contributed by atoms with Crippen LogP contribution >= 0.6 is 0 Å². The summed E-state index contributed by atoms with van der Waals surface area (Å²) in [5.41, 5.74) is 0.846. The van der Waals surface area contributed by atoms with Crippen molar-refractivity contribution in [3.05, 3.63) is 66.2 Å². The van der Waals surface area contributed by atoms with E-state index in [0.717, 1.165) is 11.8 Å². The lowest BCUT2D eigenvalue weighted by atomic mass is 10.2. The Bertz CT molecular complexity index is 959. The second kappa shape index (κ2) is 9.12. The van der Waals surface area contributed by atoms with Crippen LogP contribution in [0.1, 0.15) is 12.0 Å². The molecule has 0 aromatic heterocycles. The summed E-state index contributed by atoms with van der Waals surface area (Å²) in [7, 11) is -7.32. The van der Waals surface area contributed by atoms with Crippen molar-refractivity contribution in [2.75, 3.05) is 12.0 Å². The number of rotatable bonds is 9. The smallest absolute Gasteiger partial charge is 0.241 e. The van der Waals surface area contributed by atoms with E-state index in [2.05, 4.69) is 10.0 Å². The van der Waals surface area contributed by atoms with Crippen LogP contribution in [0.2, 0.25) is 0 Å². The Morgan fingerprint density at radius 1 is 0.926 bits per heavy atom. The molecule has 0 saturated heterocycles. The fourth-order valence-electron chi connectivity index (χ4n) is 2.34. The molecule has 0 radical (unpaired) electrons. The van der Waals surface area contributed by atoms with Crippen LogP contribution in [0.5, 0.6) is 0 Å². The molecule has 0 bridgehead atoms. The first kappa shape index (κ1) is 21.1. The Labute approximate surface area is 159 Å². The molecule has 2 aromatic carbocycles. The first-order valence-electron chi connectivity index (χ1n) is 8.24. The second-order valence-electron chi connectivity index (χ2n) is 6.11. The van der Waals surface area contributed by atoms with E-state index >= 15 is 0 Å². The van der Waals surface area contributed by atoms with Gasteiger partial charge in [0.15, 0.2) is 0 Å². The van der Waals surface area contributed by atoms with Gasteiger partial charge in [-0.3, -0.25) is 4.79 Å². The van der Waals surface area contributed by atoms with E-state index in [4.69, 9.17) is 0 Å². The van der Waals surface area contributed by atoms with Gasteiger partial charge in [0.2, 0.25) is 15.9 Å². The summed E-state index contributed by atoms with van der Waals surface area (Å²) in [6, 6.07) is 15.5. The highest BCUT2D eigenvalue weighted by molar-refractivity contribution is 7.90. The van der Waals surface area contributed by atoms with Crippen LogP contribution in [0.25, 0.3) is 0 Å². The molecule has 0 heterocycles. The van der Waals surface area contributed by atoms with Crippen LogP contribution in [0.4, 0.5) is 0 Å². The molecule has 0 spiro atoms. The van der Waals surface area contributed by atoms with E-state index in [0.29, 0.717) is 0 Å². The van der Waals surface area contributed by atoms with Crippen LogP contribution < -0.4 is 10.0 Å². The number of hydrogen-bond donors (Lipinski definition) is 2. The normalized spacial score (nSPS) is 13.1. The zero-order valence-electron chi connectivity index (χ0n) is 14.8. The van der Waals surface area contributed by atoms with Crippen LogP contribution in [0, 0.1) is 0 Å². The zero-order chi connectivity index (χ0) is 19.9. The molecule has 27 heavy (non-hydrogen) atoms. The average Bonchev–Trinajstić information content (AvgIpc) is 2.64. The predicted molar refractivity (Wildman–Crippen MR) is 103 cm³/mol. The van der Waals surface area contributed by atoms with Gasteiger partial charge in [-0.2, -0.15) is 4.72 Å². The average molecular weight is 411 g/mol. The topological polar surface area (TPSA) is 109 Å². The summed E-state index contributed by atoms with van der Waals surface area (Å²) < 4.78 is 50.3. The highest BCUT2D eigenvalue weighted by Crippen LogP contribution is 2.10. The lowest BCUT2D eigenvalue weighted by Gasteiger charge is -2.18. The van der Waals surface area contributed by atoms with Crippen molar-refractivity contribution in [3.8, 4) is 0 Å². The van der Waals surface area contributed by atoms with E-state index in [1.54, 1.807) is 18.2 Å². The monoisotopic (exact) mass is 410 g/mol. The molecule has 0 aliphatic rings. The fourth-order valence-corrected chi connectivity index (χ4v) is 4.25. The standard InChI is InChI=1S/C18H22N2O5S2/c1-26(22,23)13-12-17(18(21)19-14-15-8-4-2-5-9-15)20-27(24,25)16-10-6-3-7-11-16/h2-11,17,20H,12-14H2,1H3,(H,19,21)/t17-/m0/s1. The fraction of sp³-hybridized carbons (Fsp3) is 0.278. The number of carbonyl (C=O) groups is 1. The molecule has 7 nitrogen and oxygen atoms in total. The lowest BCUT2D eigenvalue weighted by Crippen LogP contribution is -2.47. The third kappa shape index (κ3) is 7.12. The number of nitrogens with one attached hydrogen (secondary N) is 2. The Morgan fingerprint density at radius 2 is 1.48 bits per heavy atom. The number of amides is 1. The van der Waals surface area contributed by atoms with Crippen LogP contribution in [0.3, 0.4) is 0 Å². The zero-order valence-corrected chi connectivity index (χ0v) is 16.5. The molecular formula is C18H22N2O5S2. The van der Waals surface area contributed by atoms with Gasteiger partial charge in [0.05, 0.1) is 10.6 Å². The van der Waals surface area contributed by atoms with Crippen molar-refractivity contribution in [1.82, 2.24) is 10.0 Å². The van der Waals surface area contributed by atoms with Crippen molar-refractivity contribution in [3.63, 3.8) is 0 Å². The molecule has 0 aliphatic heterocycles. The minimum absolute atomic E-state index is 0.00483. The van der Waals surface area contributed by atoms with Crippen LogP contribution in [-0.2, 0) is 31.2 Å². The first-order valence-corrected chi connectivity index (χ1v) is 11.8. The summed E-state index contributed by atoms with van der Waals surface area (Å²) >= 11 is 0. The van der Waals surface area contributed by atoms with E-state index in [1.807, 2.05) is 30.3 Å². The molecule has 146 valence electrons. The number of carbonyl (C=O) groups excluding carboxylic acids is 1. The van der Waals surface area contributed by atoms with Crippen LogP contribution in [-0.4, -0.2) is 40.8 Å². The molecule has 2 rings (SSSR count). The second-order valence-corrected chi connectivity index (χ2v) is 10.1. The van der Waals surface area contributed by atoms with Crippen molar-refractivity contribution < 1.29 is 21.6 Å². The maximum Gasteiger partial charge on any atom is 0.241 e. The first-order chi connectivity index (χ1) is 12.7. The number of hydrogen-bond acceptors (Lipinski definition) is 5. The molecule has 1 amide bonds. The number of benzene rings is 2. The van der Waals surface area contributed by atoms with Gasteiger partial charge in [-0.1, -0.05) is 48.5 Å². The Kier molecular flexibility index (Phi) is 7.11. The van der Waals surface area contributed by atoms with Gasteiger partial charge in [0, 0.05) is 12.8 Å². The van der Waals surface area contributed by atoms with Gasteiger partial charge >= 0.3 is 0 Å². The summed E-state index contributed by atoms with van der Waals surface area (Å²) in [5.74, 6) is -0.893. The summed E-state index contributed by atoms with van der Waals surface area (Å²) in [4.78, 5) is 12.5. The van der Waals surface area contributed by atoms with E-state index in [9.17, 15) is 21.6 Å². The lowest BCUT2D eigenvalue weighted by molar-refractivity contribution is -0.122. The van der Waals surface area contributed by atoms with Crippen molar-refractivity contribution in [1.29, 1.82) is 0 Å². The molecule has 9 heteroatoms. The third-order valence-corrected chi connectivity index (χ3v) is 6.22.